The van der Waals surface area contributed by atoms with Crippen molar-refractivity contribution in [3.63, 3.8) is 0 Å². The summed E-state index contributed by atoms with van der Waals surface area (Å²) in [6.07, 6.45) is 0.735. The quantitative estimate of drug-likeness (QED) is 0.184. The molecule has 1 N–H and O–H groups in total. The van der Waals surface area contributed by atoms with Crippen molar-refractivity contribution in [2.24, 2.45) is 0 Å². The Labute approximate surface area is 271 Å². The van der Waals surface area contributed by atoms with Gasteiger partial charge >= 0.3 is 6.18 Å². The van der Waals surface area contributed by atoms with E-state index in [0.29, 0.717) is 65.4 Å². The van der Waals surface area contributed by atoms with Crippen molar-refractivity contribution in [2.45, 2.75) is 70.1 Å². The lowest BCUT2D eigenvalue weighted by Crippen LogP contribution is -2.34. The van der Waals surface area contributed by atoms with Crippen LogP contribution in [0.2, 0.25) is 5.02 Å². The van der Waals surface area contributed by atoms with E-state index in [9.17, 15) is 17.6 Å². The number of pyridine rings is 2. The molecule has 5 aromatic rings. The zero-order chi connectivity index (χ0) is 32.3. The highest BCUT2D eigenvalue weighted by Crippen LogP contribution is 2.45. The zero-order valence-corrected chi connectivity index (χ0v) is 25.8. The number of H-pyrrole nitrogens is 1. The second kappa shape index (κ2) is 11.8. The molecule has 47 heavy (non-hydrogen) atoms. The number of aromatic amines is 1. The van der Waals surface area contributed by atoms with Gasteiger partial charge in [0.15, 0.2) is 11.5 Å². The van der Waals surface area contributed by atoms with Gasteiger partial charge in [0.05, 0.1) is 24.9 Å². The van der Waals surface area contributed by atoms with E-state index in [-0.39, 0.29) is 18.5 Å². The molecule has 0 spiro atoms. The Morgan fingerprint density at radius 3 is 2.66 bits per heavy atom. The summed E-state index contributed by atoms with van der Waals surface area (Å²) in [6, 6.07) is 8.40. The van der Waals surface area contributed by atoms with E-state index in [1.54, 1.807) is 18.2 Å². The standard InChI is InChI=1S/C32H29ClF4N8O2/c33-21-4-3-19(24(34)11-21)16-47-30-23(17-1-2-17)9-18-5-7-44(14-26(18)40-30)15-27-39-25-10-20(28-41-31(43-42-28)32(35,36)37)12-38-29(25)45(27)13-22-6-8-46-22/h3-4,9-12,17,22H,1-2,5-8,13-16H2,(H,41,42,43)/t22-/m0/s1. The summed E-state index contributed by atoms with van der Waals surface area (Å²) in [5.41, 5.74) is 5.04. The Morgan fingerprint density at radius 1 is 1.09 bits per heavy atom. The number of halogens is 5. The van der Waals surface area contributed by atoms with Crippen LogP contribution in [0.25, 0.3) is 22.6 Å². The lowest BCUT2D eigenvalue weighted by molar-refractivity contribution is -0.144. The fraction of sp³-hybridized carbons (Fsp3) is 0.406. The minimum Gasteiger partial charge on any atom is -0.472 e. The van der Waals surface area contributed by atoms with E-state index < -0.39 is 17.8 Å². The van der Waals surface area contributed by atoms with Crippen LogP contribution in [-0.2, 0) is 43.6 Å². The minimum absolute atomic E-state index is 0.0322. The normalized spacial score (nSPS) is 18.4. The fourth-order valence-electron chi connectivity index (χ4n) is 6.08. The molecule has 2 fully saturated rings. The number of alkyl halides is 3. The Balaban J connectivity index is 1.05. The summed E-state index contributed by atoms with van der Waals surface area (Å²) in [5.74, 6) is 0.00549. The van der Waals surface area contributed by atoms with Gasteiger partial charge in [-0.25, -0.2) is 24.3 Å². The topological polar surface area (TPSA) is 107 Å². The summed E-state index contributed by atoms with van der Waals surface area (Å²) < 4.78 is 67.6. The van der Waals surface area contributed by atoms with Crippen molar-refractivity contribution < 1.29 is 27.0 Å². The third-order valence-electron chi connectivity index (χ3n) is 8.87. The smallest absolute Gasteiger partial charge is 0.451 e. The van der Waals surface area contributed by atoms with Gasteiger partial charge in [0.2, 0.25) is 11.7 Å². The van der Waals surface area contributed by atoms with Crippen LogP contribution in [0.4, 0.5) is 17.6 Å². The summed E-state index contributed by atoms with van der Waals surface area (Å²) in [5, 5.41) is 6.02. The Hall–Kier alpha value is -4.14. The Morgan fingerprint density at radius 2 is 1.94 bits per heavy atom. The molecular weight excluding hydrogens is 640 g/mol. The Kier molecular flexibility index (Phi) is 7.60. The SMILES string of the molecule is Fc1cc(Cl)ccc1COc1nc2c(cc1C1CC1)CCN(Cc1nc3cc(-c4n[nH]c(C(F)(F)F)n4)cnc3n1C[C@@H]1CCO1)C2. The highest BCUT2D eigenvalue weighted by atomic mass is 35.5. The molecule has 0 amide bonds. The number of ether oxygens (including phenoxy) is 2. The molecule has 4 aromatic heterocycles. The molecular formula is C32H29ClF4N8O2. The monoisotopic (exact) mass is 668 g/mol. The number of rotatable bonds is 9. The van der Waals surface area contributed by atoms with Gasteiger partial charge in [-0.3, -0.25) is 10.00 Å². The third-order valence-corrected chi connectivity index (χ3v) is 9.11. The molecule has 8 rings (SSSR count). The summed E-state index contributed by atoms with van der Waals surface area (Å²) in [4.78, 5) is 20.3. The molecule has 10 nitrogen and oxygen atoms in total. The average molecular weight is 669 g/mol. The van der Waals surface area contributed by atoms with E-state index >= 15 is 0 Å². The van der Waals surface area contributed by atoms with Crippen LogP contribution in [0.15, 0.2) is 36.5 Å². The molecule has 0 radical (unpaired) electrons. The molecule has 3 aliphatic rings. The van der Waals surface area contributed by atoms with Crippen LogP contribution in [-0.4, -0.2) is 58.9 Å². The number of hydrogen-bond acceptors (Lipinski definition) is 8. The van der Waals surface area contributed by atoms with E-state index in [4.69, 9.17) is 31.0 Å². The fourth-order valence-corrected chi connectivity index (χ4v) is 6.24. The minimum atomic E-state index is -4.64. The van der Waals surface area contributed by atoms with E-state index in [2.05, 4.69) is 26.0 Å². The summed E-state index contributed by atoms with van der Waals surface area (Å²) in [6.45, 7) is 3.15. The molecule has 244 valence electrons. The third kappa shape index (κ3) is 6.17. The second-order valence-electron chi connectivity index (χ2n) is 12.2. The number of nitrogens with one attached hydrogen (secondary N) is 1. The first-order chi connectivity index (χ1) is 22.7. The number of hydrogen-bond donors (Lipinski definition) is 1. The van der Waals surface area contributed by atoms with Crippen molar-refractivity contribution in [2.75, 3.05) is 13.2 Å². The van der Waals surface area contributed by atoms with Crippen LogP contribution in [0.1, 0.15) is 59.2 Å². The average Bonchev–Trinajstić information content (AvgIpc) is 3.62. The lowest BCUT2D eigenvalue weighted by atomic mass is 10.0. The number of nitrogens with zero attached hydrogens (tertiary/aromatic N) is 7. The second-order valence-corrected chi connectivity index (χ2v) is 12.7. The van der Waals surface area contributed by atoms with Crippen molar-refractivity contribution in [3.8, 4) is 17.3 Å². The van der Waals surface area contributed by atoms with Gasteiger partial charge in [-0.2, -0.15) is 18.3 Å². The van der Waals surface area contributed by atoms with Crippen molar-refractivity contribution >= 4 is 22.8 Å². The predicted octanol–water partition coefficient (Wildman–Crippen LogP) is 6.23. The summed E-state index contributed by atoms with van der Waals surface area (Å²) >= 11 is 5.92. The van der Waals surface area contributed by atoms with Crippen molar-refractivity contribution in [3.05, 3.63) is 81.4 Å². The first kappa shape index (κ1) is 30.2. The zero-order valence-electron chi connectivity index (χ0n) is 25.0. The number of benzene rings is 1. The molecule has 0 bridgehead atoms. The van der Waals surface area contributed by atoms with Gasteiger partial charge in [0.1, 0.15) is 23.8 Å². The van der Waals surface area contributed by atoms with Gasteiger partial charge < -0.3 is 14.0 Å². The van der Waals surface area contributed by atoms with E-state index in [0.717, 1.165) is 49.3 Å². The number of fused-ring (bicyclic) bond motifs is 2. The van der Waals surface area contributed by atoms with Crippen LogP contribution in [0.5, 0.6) is 5.88 Å². The van der Waals surface area contributed by atoms with E-state index in [1.807, 2.05) is 9.67 Å². The molecule has 1 saturated heterocycles. The van der Waals surface area contributed by atoms with Crippen molar-refractivity contribution in [1.29, 1.82) is 0 Å². The number of aromatic nitrogens is 7. The highest BCUT2D eigenvalue weighted by molar-refractivity contribution is 6.30. The van der Waals surface area contributed by atoms with Crippen LogP contribution in [0, 0.1) is 5.82 Å². The maximum Gasteiger partial charge on any atom is 0.451 e. The number of imidazole rings is 1. The molecule has 6 heterocycles. The highest BCUT2D eigenvalue weighted by Gasteiger charge is 2.36. The van der Waals surface area contributed by atoms with Gasteiger partial charge in [-0.05, 0) is 61.4 Å². The van der Waals surface area contributed by atoms with Crippen LogP contribution < -0.4 is 4.74 Å². The predicted molar refractivity (Wildman–Crippen MR) is 162 cm³/mol. The first-order valence-corrected chi connectivity index (χ1v) is 15.8. The Bertz CT molecular complexity index is 1970. The molecule has 1 atom stereocenters. The van der Waals surface area contributed by atoms with Crippen molar-refractivity contribution in [1.82, 2.24) is 39.6 Å². The summed E-state index contributed by atoms with van der Waals surface area (Å²) in [7, 11) is 0. The molecule has 1 saturated carbocycles. The van der Waals surface area contributed by atoms with Gasteiger partial charge in [-0.15, -0.1) is 0 Å². The molecule has 2 aliphatic heterocycles. The largest absolute Gasteiger partial charge is 0.472 e. The molecule has 1 aliphatic carbocycles. The maximum absolute atomic E-state index is 14.5. The van der Waals surface area contributed by atoms with Gasteiger partial charge in [0.25, 0.3) is 0 Å². The molecule has 1 aromatic carbocycles. The van der Waals surface area contributed by atoms with Crippen LogP contribution in [0.3, 0.4) is 0 Å². The maximum atomic E-state index is 14.5. The molecule has 0 unspecified atom stereocenters. The van der Waals surface area contributed by atoms with Gasteiger partial charge in [-0.1, -0.05) is 17.7 Å². The van der Waals surface area contributed by atoms with Crippen LogP contribution >= 0.6 is 11.6 Å². The van der Waals surface area contributed by atoms with Gasteiger partial charge in [0, 0.05) is 47.6 Å². The lowest BCUT2D eigenvalue weighted by Gasteiger charge is -2.30. The first-order valence-electron chi connectivity index (χ1n) is 15.5. The molecule has 15 heteroatoms. The van der Waals surface area contributed by atoms with E-state index in [1.165, 1.54) is 17.8 Å².